The zero-order valence-electron chi connectivity index (χ0n) is 33.9. The van der Waals surface area contributed by atoms with E-state index >= 15 is 0 Å². The molecule has 0 nitrogen and oxygen atoms in total. The minimum absolute atomic E-state index is 1.21. The summed E-state index contributed by atoms with van der Waals surface area (Å²) in [5.41, 5.74) is 17.8. The Morgan fingerprint density at radius 3 is 1.13 bits per heavy atom. The third kappa shape index (κ3) is 5.14. The molecule has 0 aliphatic heterocycles. The van der Waals surface area contributed by atoms with Crippen molar-refractivity contribution in [3.8, 4) is 77.9 Å². The molecule has 0 spiro atoms. The molecule has 0 amide bonds. The highest BCUT2D eigenvalue weighted by atomic mass is 14.3. The van der Waals surface area contributed by atoms with Gasteiger partial charge in [0.1, 0.15) is 0 Å². The summed E-state index contributed by atoms with van der Waals surface area (Å²) in [6.07, 6.45) is 0. The van der Waals surface area contributed by atoms with E-state index in [1.807, 2.05) is 0 Å². The molecular weight excluding hydrogens is 745 g/mol. The maximum Gasteiger partial charge on any atom is -0.000741 e. The fourth-order valence-corrected chi connectivity index (χ4v) is 10.8. The van der Waals surface area contributed by atoms with Crippen molar-refractivity contribution in [2.75, 3.05) is 0 Å². The maximum absolute atomic E-state index is 2.39. The molecule has 0 saturated carbocycles. The lowest BCUT2D eigenvalue weighted by Crippen LogP contribution is -1.93. The van der Waals surface area contributed by atoms with E-state index in [0.29, 0.717) is 0 Å². The zero-order valence-corrected chi connectivity index (χ0v) is 33.9. The zero-order chi connectivity index (χ0) is 40.7. The van der Waals surface area contributed by atoms with Gasteiger partial charge in [0.25, 0.3) is 0 Å². The van der Waals surface area contributed by atoms with Crippen LogP contribution in [0.2, 0.25) is 0 Å². The van der Waals surface area contributed by atoms with Crippen molar-refractivity contribution in [3.05, 3.63) is 231 Å². The van der Waals surface area contributed by atoms with E-state index < -0.39 is 0 Å². The van der Waals surface area contributed by atoms with E-state index in [9.17, 15) is 0 Å². The van der Waals surface area contributed by atoms with Gasteiger partial charge in [0.05, 0.1) is 0 Å². The first kappa shape index (κ1) is 34.8. The van der Waals surface area contributed by atoms with Crippen LogP contribution in [0.15, 0.2) is 231 Å². The van der Waals surface area contributed by atoms with Gasteiger partial charge in [0, 0.05) is 0 Å². The molecule has 0 radical (unpaired) electrons. The molecule has 12 aromatic rings. The Bertz CT molecular complexity index is 3610. The number of fused-ring (bicyclic) bond motifs is 7. The fourth-order valence-electron chi connectivity index (χ4n) is 10.8. The van der Waals surface area contributed by atoms with Crippen molar-refractivity contribution in [3.63, 3.8) is 0 Å². The topological polar surface area (TPSA) is 0 Å². The first-order valence-corrected chi connectivity index (χ1v) is 21.6. The average Bonchev–Trinajstić information content (AvgIpc) is 3.67. The van der Waals surface area contributed by atoms with Gasteiger partial charge >= 0.3 is 0 Å². The van der Waals surface area contributed by atoms with Gasteiger partial charge in [-0.15, -0.1) is 0 Å². The molecule has 0 unspecified atom stereocenters. The summed E-state index contributed by atoms with van der Waals surface area (Å²) in [6, 6.07) is 85.4. The molecule has 0 saturated heterocycles. The normalized spacial score (nSPS) is 11.9. The largest absolute Gasteiger partial charge is 0.0622 e. The Hall–Kier alpha value is -8.06. The predicted octanol–water partition coefficient (Wildman–Crippen LogP) is 17.4. The SMILES string of the molecule is c1ccc(-c2c3c(c(-c4ccccc4)c4ccccc24)-c2ccc(-c4ccc(-c5c6ccccc6c(-c6ccc7ccccc7c6)c6ccccc56)cc4)c4cccc-3c24)cc1. The second-order valence-electron chi connectivity index (χ2n) is 16.6. The molecule has 0 bridgehead atoms. The molecule has 0 N–H and O–H groups in total. The van der Waals surface area contributed by atoms with Crippen LogP contribution >= 0.6 is 0 Å². The van der Waals surface area contributed by atoms with E-state index in [0.717, 1.165) is 0 Å². The van der Waals surface area contributed by atoms with Gasteiger partial charge in [-0.25, -0.2) is 0 Å². The van der Waals surface area contributed by atoms with E-state index in [1.165, 1.54) is 132 Å². The van der Waals surface area contributed by atoms with Gasteiger partial charge < -0.3 is 0 Å². The second kappa shape index (κ2) is 13.7. The van der Waals surface area contributed by atoms with Crippen LogP contribution in [0.5, 0.6) is 0 Å². The van der Waals surface area contributed by atoms with Crippen LogP contribution in [0.4, 0.5) is 0 Å². The van der Waals surface area contributed by atoms with Crippen molar-refractivity contribution >= 4 is 53.9 Å². The van der Waals surface area contributed by atoms with Crippen LogP contribution in [0.1, 0.15) is 0 Å². The lowest BCUT2D eigenvalue weighted by molar-refractivity contribution is 1.62. The minimum Gasteiger partial charge on any atom is -0.0622 e. The summed E-state index contributed by atoms with van der Waals surface area (Å²) in [7, 11) is 0. The fraction of sp³-hybridized carbons (Fsp3) is 0. The Balaban J connectivity index is 1.00. The van der Waals surface area contributed by atoms with Crippen LogP contribution in [0, 0.1) is 0 Å². The third-order valence-corrected chi connectivity index (χ3v) is 13.4. The first-order chi connectivity index (χ1) is 30.8. The van der Waals surface area contributed by atoms with Gasteiger partial charge in [-0.2, -0.15) is 0 Å². The molecule has 12 aromatic carbocycles. The van der Waals surface area contributed by atoms with Crippen molar-refractivity contribution in [1.82, 2.24) is 0 Å². The molecule has 13 rings (SSSR count). The van der Waals surface area contributed by atoms with E-state index in [4.69, 9.17) is 0 Å². The van der Waals surface area contributed by atoms with Gasteiger partial charge in [0.15, 0.2) is 0 Å². The summed E-state index contributed by atoms with van der Waals surface area (Å²) >= 11 is 0. The Morgan fingerprint density at radius 2 is 0.565 bits per heavy atom. The molecule has 0 heteroatoms. The van der Waals surface area contributed by atoms with Crippen molar-refractivity contribution in [2.45, 2.75) is 0 Å². The summed E-state index contributed by atoms with van der Waals surface area (Å²) < 4.78 is 0. The highest BCUT2D eigenvalue weighted by Crippen LogP contribution is 2.58. The van der Waals surface area contributed by atoms with E-state index in [-0.39, 0.29) is 0 Å². The molecular formula is C62H38. The van der Waals surface area contributed by atoms with Gasteiger partial charge in [-0.3, -0.25) is 0 Å². The predicted molar refractivity (Wildman–Crippen MR) is 266 cm³/mol. The average molecular weight is 783 g/mol. The van der Waals surface area contributed by atoms with Crippen LogP contribution in [0.25, 0.3) is 132 Å². The smallest absolute Gasteiger partial charge is 0.000741 e. The van der Waals surface area contributed by atoms with Gasteiger partial charge in [0.2, 0.25) is 0 Å². The Kier molecular flexibility index (Phi) is 7.71. The van der Waals surface area contributed by atoms with Crippen molar-refractivity contribution < 1.29 is 0 Å². The van der Waals surface area contributed by atoms with Crippen LogP contribution in [0.3, 0.4) is 0 Å². The first-order valence-electron chi connectivity index (χ1n) is 21.6. The maximum atomic E-state index is 2.39. The minimum atomic E-state index is 1.21. The molecule has 0 heterocycles. The van der Waals surface area contributed by atoms with Crippen LogP contribution < -0.4 is 0 Å². The van der Waals surface area contributed by atoms with Gasteiger partial charge in [-0.1, -0.05) is 224 Å². The third-order valence-electron chi connectivity index (χ3n) is 13.4. The lowest BCUT2D eigenvalue weighted by Gasteiger charge is -2.20. The number of benzene rings is 12. The molecule has 62 heavy (non-hydrogen) atoms. The molecule has 1 aliphatic carbocycles. The number of hydrogen-bond donors (Lipinski definition) is 0. The molecule has 286 valence electrons. The Morgan fingerprint density at radius 1 is 0.177 bits per heavy atom. The molecule has 0 fully saturated rings. The highest BCUT2D eigenvalue weighted by molar-refractivity contribution is 6.29. The monoisotopic (exact) mass is 782 g/mol. The summed E-state index contributed by atoms with van der Waals surface area (Å²) in [5, 5.41) is 12.7. The molecule has 1 aliphatic rings. The standard InChI is InChI=1S/C62H38/c1-3-17-41(18-4-1)58-52-26-13-14-27-53(52)59(42-19-5-2-6-20-42)62-55-37-36-46(47-28-15-29-54(60(47)55)61(58)62)40-31-33-43(34-32-40)56-48-22-9-11-24-50(48)57(51-25-12-10-23-49(51)56)45-35-30-39-16-7-8-21-44(39)38-45/h1-38H. The number of rotatable bonds is 5. The van der Waals surface area contributed by atoms with Gasteiger partial charge in [-0.05, 0) is 138 Å². The second-order valence-corrected chi connectivity index (χ2v) is 16.6. The Labute approximate surface area is 360 Å². The highest BCUT2D eigenvalue weighted by Gasteiger charge is 2.31. The number of hydrogen-bond acceptors (Lipinski definition) is 0. The summed E-state index contributed by atoms with van der Waals surface area (Å²) in [4.78, 5) is 0. The van der Waals surface area contributed by atoms with E-state index in [2.05, 4.69) is 231 Å². The summed E-state index contributed by atoms with van der Waals surface area (Å²) in [5.74, 6) is 0. The van der Waals surface area contributed by atoms with Crippen molar-refractivity contribution in [1.29, 1.82) is 0 Å². The summed E-state index contributed by atoms with van der Waals surface area (Å²) in [6.45, 7) is 0. The molecule has 0 atom stereocenters. The van der Waals surface area contributed by atoms with Crippen LogP contribution in [-0.2, 0) is 0 Å². The van der Waals surface area contributed by atoms with Crippen molar-refractivity contribution in [2.24, 2.45) is 0 Å². The lowest BCUT2D eigenvalue weighted by atomic mass is 9.82. The quantitative estimate of drug-likeness (QED) is 0.153. The van der Waals surface area contributed by atoms with E-state index in [1.54, 1.807) is 0 Å². The molecule has 0 aromatic heterocycles. The van der Waals surface area contributed by atoms with Crippen LogP contribution in [-0.4, -0.2) is 0 Å².